The van der Waals surface area contributed by atoms with E-state index in [1.54, 1.807) is 0 Å². The molecule has 0 unspecified atom stereocenters. The minimum absolute atomic E-state index is 0.0152. The fraction of sp³-hybridized carbons (Fsp3) is 0.588. The van der Waals surface area contributed by atoms with Gasteiger partial charge in [0.2, 0.25) is 5.91 Å². The summed E-state index contributed by atoms with van der Waals surface area (Å²) >= 11 is 0. The number of benzene rings is 1. The number of rotatable bonds is 4. The second kappa shape index (κ2) is 7.44. The summed E-state index contributed by atoms with van der Waals surface area (Å²) < 4.78 is 0. The summed E-state index contributed by atoms with van der Waals surface area (Å²) in [4.78, 5) is 14.6. The lowest BCUT2D eigenvalue weighted by atomic mass is 10.1. The largest absolute Gasteiger partial charge is 0.351 e. The minimum Gasteiger partial charge on any atom is -0.351 e. The molecule has 1 aliphatic heterocycles. The molecule has 0 spiro atoms. The van der Waals surface area contributed by atoms with E-state index in [-0.39, 0.29) is 11.9 Å². The predicted molar refractivity (Wildman–Crippen MR) is 82.5 cm³/mol. The van der Waals surface area contributed by atoms with Crippen LogP contribution in [0.5, 0.6) is 0 Å². The Kier molecular flexibility index (Phi) is 5.60. The zero-order valence-corrected chi connectivity index (χ0v) is 12.7. The van der Waals surface area contributed by atoms with Crippen LogP contribution in [-0.2, 0) is 11.3 Å². The number of carbonyl (C=O) groups excluding carboxylic acids is 1. The van der Waals surface area contributed by atoms with Gasteiger partial charge in [0.25, 0.3) is 0 Å². The molecule has 0 bridgehead atoms. The Morgan fingerprint density at radius 1 is 1.15 bits per heavy atom. The Labute approximate surface area is 122 Å². The monoisotopic (exact) mass is 274 g/mol. The molecule has 1 aromatic rings. The second-order valence-corrected chi connectivity index (χ2v) is 5.83. The summed E-state index contributed by atoms with van der Waals surface area (Å²) in [5, 5.41) is 3.06. The van der Waals surface area contributed by atoms with Gasteiger partial charge in [-0.15, -0.1) is 0 Å². The molecule has 0 aromatic heterocycles. The topological polar surface area (TPSA) is 32.3 Å². The minimum atomic E-state index is -0.0152. The van der Waals surface area contributed by atoms with E-state index in [1.807, 2.05) is 6.92 Å². The van der Waals surface area contributed by atoms with Crippen molar-refractivity contribution < 1.29 is 4.79 Å². The van der Waals surface area contributed by atoms with Crippen LogP contribution in [0.3, 0.4) is 0 Å². The maximum Gasteiger partial charge on any atom is 0.237 e. The Morgan fingerprint density at radius 3 is 2.35 bits per heavy atom. The van der Waals surface area contributed by atoms with Crippen molar-refractivity contribution >= 4 is 5.91 Å². The van der Waals surface area contributed by atoms with Crippen molar-refractivity contribution in [3.63, 3.8) is 0 Å². The SMILES string of the molecule is Cc1ccc(CNC(=O)[C@@H](C)N2CCCCCC2)cc1. The van der Waals surface area contributed by atoms with E-state index < -0.39 is 0 Å². The Morgan fingerprint density at radius 2 is 1.75 bits per heavy atom. The third kappa shape index (κ3) is 4.34. The molecule has 1 aromatic carbocycles. The molecule has 110 valence electrons. The highest BCUT2D eigenvalue weighted by molar-refractivity contribution is 5.81. The van der Waals surface area contributed by atoms with E-state index in [1.165, 1.54) is 31.2 Å². The molecule has 1 heterocycles. The third-order valence-corrected chi connectivity index (χ3v) is 4.16. The van der Waals surface area contributed by atoms with E-state index in [0.717, 1.165) is 18.7 Å². The van der Waals surface area contributed by atoms with Crippen LogP contribution in [0.25, 0.3) is 0 Å². The maximum atomic E-state index is 12.2. The molecule has 1 saturated heterocycles. The highest BCUT2D eigenvalue weighted by Crippen LogP contribution is 2.12. The molecule has 1 atom stereocenters. The molecule has 2 rings (SSSR count). The standard InChI is InChI=1S/C17H26N2O/c1-14-7-9-16(10-8-14)13-18-17(20)15(2)19-11-5-3-4-6-12-19/h7-10,15H,3-6,11-13H2,1-2H3,(H,18,20)/t15-/m1/s1. The van der Waals surface area contributed by atoms with Crippen molar-refractivity contribution in [2.75, 3.05) is 13.1 Å². The van der Waals surface area contributed by atoms with Crippen molar-refractivity contribution in [3.05, 3.63) is 35.4 Å². The van der Waals surface area contributed by atoms with Gasteiger partial charge in [0, 0.05) is 6.54 Å². The number of likely N-dealkylation sites (tertiary alicyclic amines) is 1. The molecule has 3 nitrogen and oxygen atoms in total. The fourth-order valence-corrected chi connectivity index (χ4v) is 2.69. The van der Waals surface area contributed by atoms with Crippen LogP contribution in [0.4, 0.5) is 0 Å². The van der Waals surface area contributed by atoms with Crippen LogP contribution in [0.2, 0.25) is 0 Å². The van der Waals surface area contributed by atoms with E-state index >= 15 is 0 Å². The predicted octanol–water partition coefficient (Wildman–Crippen LogP) is 2.88. The van der Waals surface area contributed by atoms with E-state index in [4.69, 9.17) is 0 Å². The van der Waals surface area contributed by atoms with Crippen LogP contribution < -0.4 is 5.32 Å². The highest BCUT2D eigenvalue weighted by Gasteiger charge is 2.21. The van der Waals surface area contributed by atoms with Crippen molar-refractivity contribution in [2.45, 2.75) is 52.1 Å². The first-order chi connectivity index (χ1) is 9.66. The lowest BCUT2D eigenvalue weighted by Crippen LogP contribution is -2.45. The molecule has 0 saturated carbocycles. The molecule has 0 radical (unpaired) electrons. The number of amides is 1. The van der Waals surface area contributed by atoms with E-state index in [9.17, 15) is 4.79 Å². The second-order valence-electron chi connectivity index (χ2n) is 5.83. The molecule has 0 aliphatic carbocycles. The summed E-state index contributed by atoms with van der Waals surface area (Å²) in [7, 11) is 0. The van der Waals surface area contributed by atoms with Crippen LogP contribution >= 0.6 is 0 Å². The first-order valence-corrected chi connectivity index (χ1v) is 7.74. The first-order valence-electron chi connectivity index (χ1n) is 7.74. The normalized spacial score (nSPS) is 18.3. The average molecular weight is 274 g/mol. The fourth-order valence-electron chi connectivity index (χ4n) is 2.69. The van der Waals surface area contributed by atoms with Gasteiger partial charge in [-0.3, -0.25) is 9.69 Å². The summed E-state index contributed by atoms with van der Waals surface area (Å²) in [5.74, 6) is 0.146. The highest BCUT2D eigenvalue weighted by atomic mass is 16.2. The Balaban J connectivity index is 1.82. The number of nitrogens with one attached hydrogen (secondary N) is 1. The van der Waals surface area contributed by atoms with Crippen molar-refractivity contribution in [1.82, 2.24) is 10.2 Å². The van der Waals surface area contributed by atoms with Crippen LogP contribution in [0.15, 0.2) is 24.3 Å². The van der Waals surface area contributed by atoms with Gasteiger partial charge in [0.05, 0.1) is 6.04 Å². The zero-order valence-electron chi connectivity index (χ0n) is 12.7. The van der Waals surface area contributed by atoms with Gasteiger partial charge < -0.3 is 5.32 Å². The molecule has 1 amide bonds. The van der Waals surface area contributed by atoms with Crippen LogP contribution in [0.1, 0.15) is 43.7 Å². The number of carbonyl (C=O) groups is 1. The zero-order chi connectivity index (χ0) is 14.4. The summed E-state index contributed by atoms with van der Waals surface area (Å²) in [6, 6.07) is 8.30. The first kappa shape index (κ1) is 15.0. The molecule has 20 heavy (non-hydrogen) atoms. The van der Waals surface area contributed by atoms with Crippen molar-refractivity contribution in [2.24, 2.45) is 0 Å². The molecule has 1 aliphatic rings. The molecule has 3 heteroatoms. The molecule has 1 fully saturated rings. The van der Waals surface area contributed by atoms with Gasteiger partial charge >= 0.3 is 0 Å². The van der Waals surface area contributed by atoms with Gasteiger partial charge in [-0.2, -0.15) is 0 Å². The molecular formula is C17H26N2O. The van der Waals surface area contributed by atoms with Gasteiger partial charge in [0.1, 0.15) is 0 Å². The third-order valence-electron chi connectivity index (χ3n) is 4.16. The maximum absolute atomic E-state index is 12.2. The van der Waals surface area contributed by atoms with E-state index in [2.05, 4.69) is 41.4 Å². The lowest BCUT2D eigenvalue weighted by Gasteiger charge is -2.26. The van der Waals surface area contributed by atoms with E-state index in [0.29, 0.717) is 6.54 Å². The average Bonchev–Trinajstić information content (AvgIpc) is 2.74. The van der Waals surface area contributed by atoms with Gasteiger partial charge in [-0.1, -0.05) is 42.7 Å². The number of hydrogen-bond acceptors (Lipinski definition) is 2. The van der Waals surface area contributed by atoms with Gasteiger partial charge in [-0.05, 0) is 45.3 Å². The number of hydrogen-bond donors (Lipinski definition) is 1. The van der Waals surface area contributed by atoms with Crippen molar-refractivity contribution in [1.29, 1.82) is 0 Å². The molecular weight excluding hydrogens is 248 g/mol. The van der Waals surface area contributed by atoms with Gasteiger partial charge in [-0.25, -0.2) is 0 Å². The van der Waals surface area contributed by atoms with Gasteiger partial charge in [0.15, 0.2) is 0 Å². The summed E-state index contributed by atoms with van der Waals surface area (Å²) in [5.41, 5.74) is 2.41. The summed E-state index contributed by atoms with van der Waals surface area (Å²) in [6.45, 7) is 6.83. The van der Waals surface area contributed by atoms with Crippen LogP contribution in [0, 0.1) is 6.92 Å². The Hall–Kier alpha value is -1.35. The molecule has 1 N–H and O–H groups in total. The summed E-state index contributed by atoms with van der Waals surface area (Å²) in [6.07, 6.45) is 5.04. The van der Waals surface area contributed by atoms with Crippen LogP contribution in [-0.4, -0.2) is 29.9 Å². The lowest BCUT2D eigenvalue weighted by molar-refractivity contribution is -0.126. The number of nitrogens with zero attached hydrogens (tertiary/aromatic N) is 1. The smallest absolute Gasteiger partial charge is 0.237 e. The number of aryl methyl sites for hydroxylation is 1. The Bertz CT molecular complexity index is 419. The quantitative estimate of drug-likeness (QED) is 0.915. The van der Waals surface area contributed by atoms with Crippen molar-refractivity contribution in [3.8, 4) is 0 Å².